The smallest absolute Gasteiger partial charge is 0.197 e. The van der Waals surface area contributed by atoms with E-state index in [-0.39, 0.29) is 18.6 Å². The van der Waals surface area contributed by atoms with Crippen LogP contribution in [0.5, 0.6) is 5.75 Å². The van der Waals surface area contributed by atoms with E-state index in [1.165, 1.54) is 11.3 Å². The maximum Gasteiger partial charge on any atom is 0.197 e. The molecule has 0 spiro atoms. The van der Waals surface area contributed by atoms with Gasteiger partial charge in [-0.1, -0.05) is 37.6 Å². The topological polar surface area (TPSA) is 66.8 Å². The second-order valence-electron chi connectivity index (χ2n) is 7.12. The molecule has 1 heterocycles. The molecule has 164 valence electrons. The van der Waals surface area contributed by atoms with E-state index in [4.69, 9.17) is 16.3 Å². The molecule has 1 aromatic heterocycles. The molecule has 0 aliphatic carbocycles. The molecule has 3 rings (SSSR count). The van der Waals surface area contributed by atoms with Crippen molar-refractivity contribution in [2.45, 2.75) is 20.3 Å². The predicted molar refractivity (Wildman–Crippen MR) is 127 cm³/mol. The highest BCUT2D eigenvalue weighted by atomic mass is 35.5. The highest BCUT2D eigenvalue weighted by Crippen LogP contribution is 2.35. The molecule has 0 atom stereocenters. The van der Waals surface area contributed by atoms with Gasteiger partial charge in [0.1, 0.15) is 18.8 Å². The molecule has 7 heteroatoms. The molecule has 0 aliphatic rings. The van der Waals surface area contributed by atoms with Gasteiger partial charge in [0.15, 0.2) is 5.43 Å². The van der Waals surface area contributed by atoms with Gasteiger partial charge in [-0.15, -0.1) is 11.3 Å². The fraction of sp³-hybridized carbons (Fsp3) is 0.435. The van der Waals surface area contributed by atoms with Gasteiger partial charge in [-0.3, -0.25) is 4.79 Å². The monoisotopic (exact) mass is 452 g/mol. The third kappa shape index (κ3) is 5.71. The fourth-order valence-corrected chi connectivity index (χ4v) is 4.87. The first kappa shape index (κ1) is 24.6. The van der Waals surface area contributed by atoms with E-state index in [1.54, 1.807) is 6.07 Å². The molecule has 30 heavy (non-hydrogen) atoms. The number of hydrogen-bond acceptors (Lipinski definition) is 5. The molecule has 0 saturated heterocycles. The highest BCUT2D eigenvalue weighted by Gasteiger charge is 2.20. The van der Waals surface area contributed by atoms with E-state index in [1.807, 2.05) is 51.2 Å². The zero-order valence-corrected chi connectivity index (χ0v) is 19.4. The van der Waals surface area contributed by atoms with Gasteiger partial charge in [0.2, 0.25) is 0 Å². The van der Waals surface area contributed by atoms with E-state index in [0.29, 0.717) is 45.7 Å². The van der Waals surface area contributed by atoms with Crippen molar-refractivity contribution in [2.75, 3.05) is 46.5 Å². The van der Waals surface area contributed by atoms with E-state index >= 15 is 0 Å². The largest absolute Gasteiger partial charge is 0.492 e. The van der Waals surface area contributed by atoms with Crippen LogP contribution in [0.25, 0.3) is 20.2 Å². The molecule has 0 bridgehead atoms. The molecule has 0 fully saturated rings. The summed E-state index contributed by atoms with van der Waals surface area (Å²) >= 11 is 7.83. The summed E-state index contributed by atoms with van der Waals surface area (Å²) in [5, 5.41) is 20.1. The second kappa shape index (κ2) is 11.6. The fourth-order valence-electron chi connectivity index (χ4n) is 3.40. The number of fused-ring (bicyclic) bond motifs is 2. The number of hydrogen-bond donors (Lipinski definition) is 2. The molecule has 5 nitrogen and oxygen atoms in total. The summed E-state index contributed by atoms with van der Waals surface area (Å²) in [5.41, 5.74) is -0.0741. The summed E-state index contributed by atoms with van der Waals surface area (Å²) in [6, 6.07) is 11.0. The Labute approximate surface area is 186 Å². The van der Waals surface area contributed by atoms with Crippen LogP contribution < -0.4 is 10.2 Å². The van der Waals surface area contributed by atoms with Crippen LogP contribution in [0.3, 0.4) is 0 Å². The van der Waals surface area contributed by atoms with Gasteiger partial charge in [0.25, 0.3) is 0 Å². The van der Waals surface area contributed by atoms with Gasteiger partial charge in [-0.05, 0) is 24.3 Å². The van der Waals surface area contributed by atoms with Gasteiger partial charge >= 0.3 is 0 Å². The standard InChI is InChI=1S/C21H25ClNO4S.C2H6/c1-23(10-12-24,11-13-25)9-4-14-27-17-8-7-16(22)19-20(26)15-5-2-3-6-18(15)28-21(17)19;1-2/h2-3,5-8,24-25H,4,9-14H2,1H3;1-2H3/q+1;. The van der Waals surface area contributed by atoms with Crippen molar-refractivity contribution in [3.8, 4) is 5.75 Å². The minimum absolute atomic E-state index is 0.0741. The Morgan fingerprint density at radius 1 is 1.03 bits per heavy atom. The molecule has 0 unspecified atom stereocenters. The van der Waals surface area contributed by atoms with Crippen LogP contribution in [0.2, 0.25) is 5.02 Å². The van der Waals surface area contributed by atoms with Crippen molar-refractivity contribution in [1.29, 1.82) is 0 Å². The molecule has 3 aromatic rings. The number of ether oxygens (including phenoxy) is 1. The number of quaternary nitrogens is 1. The molecule has 2 aromatic carbocycles. The first-order valence-electron chi connectivity index (χ1n) is 10.3. The van der Waals surface area contributed by atoms with E-state index in [9.17, 15) is 15.0 Å². The first-order chi connectivity index (χ1) is 14.5. The van der Waals surface area contributed by atoms with Crippen LogP contribution in [0, 0.1) is 0 Å². The summed E-state index contributed by atoms with van der Waals surface area (Å²) in [5.74, 6) is 0.658. The van der Waals surface area contributed by atoms with Crippen molar-refractivity contribution in [2.24, 2.45) is 0 Å². The van der Waals surface area contributed by atoms with Crippen LogP contribution in [-0.4, -0.2) is 61.2 Å². The van der Waals surface area contributed by atoms with E-state index in [0.717, 1.165) is 22.4 Å². The molecule has 0 radical (unpaired) electrons. The SMILES string of the molecule is CC.C[N+](CCO)(CCO)CCCOc1ccc(Cl)c2c(=O)c3ccccc3sc12. The number of aliphatic hydroxyl groups is 2. The number of rotatable bonds is 9. The zero-order chi connectivity index (χ0) is 22.1. The van der Waals surface area contributed by atoms with Crippen LogP contribution in [0.15, 0.2) is 41.2 Å². The van der Waals surface area contributed by atoms with Gasteiger partial charge in [-0.25, -0.2) is 0 Å². The van der Waals surface area contributed by atoms with Gasteiger partial charge in [0, 0.05) is 16.5 Å². The molecule has 0 saturated carbocycles. The summed E-state index contributed by atoms with van der Waals surface area (Å²) in [7, 11) is 2.02. The van der Waals surface area contributed by atoms with Gasteiger partial charge < -0.3 is 19.4 Å². The van der Waals surface area contributed by atoms with Crippen molar-refractivity contribution in [3.05, 3.63) is 51.6 Å². The zero-order valence-electron chi connectivity index (χ0n) is 17.9. The lowest BCUT2D eigenvalue weighted by atomic mass is 10.2. The van der Waals surface area contributed by atoms with Gasteiger partial charge in [0.05, 0.1) is 48.5 Å². The summed E-state index contributed by atoms with van der Waals surface area (Å²) in [4.78, 5) is 12.9. The van der Waals surface area contributed by atoms with Crippen molar-refractivity contribution in [3.63, 3.8) is 0 Å². The Kier molecular flexibility index (Phi) is 9.52. The van der Waals surface area contributed by atoms with E-state index in [2.05, 4.69) is 0 Å². The summed E-state index contributed by atoms with van der Waals surface area (Å²) < 4.78 is 8.27. The van der Waals surface area contributed by atoms with E-state index < -0.39 is 0 Å². The molecular formula is C23H31ClNO4S+. The number of halogens is 1. The average molecular weight is 453 g/mol. The first-order valence-corrected chi connectivity index (χ1v) is 11.5. The maximum atomic E-state index is 12.9. The van der Waals surface area contributed by atoms with Gasteiger partial charge in [-0.2, -0.15) is 0 Å². The minimum atomic E-state index is -0.0741. The Hall–Kier alpha value is -1.70. The second-order valence-corrected chi connectivity index (χ2v) is 8.58. The third-order valence-electron chi connectivity index (χ3n) is 5.02. The number of likely N-dealkylation sites (N-methyl/N-ethyl adjacent to an activating group) is 1. The van der Waals surface area contributed by atoms with Crippen molar-refractivity contribution >= 4 is 43.1 Å². The molecular weight excluding hydrogens is 422 g/mol. The van der Waals surface area contributed by atoms with Crippen LogP contribution in [0.1, 0.15) is 20.3 Å². The summed E-state index contributed by atoms with van der Waals surface area (Å²) in [6.07, 6.45) is 0.767. The summed E-state index contributed by atoms with van der Waals surface area (Å²) in [6.45, 7) is 6.62. The lowest BCUT2D eigenvalue weighted by molar-refractivity contribution is -0.910. The predicted octanol–water partition coefficient (Wildman–Crippen LogP) is 4.29. The normalized spacial score (nSPS) is 11.4. The average Bonchev–Trinajstić information content (AvgIpc) is 2.74. The Morgan fingerprint density at radius 2 is 1.70 bits per heavy atom. The Bertz CT molecular complexity index is 1020. The van der Waals surface area contributed by atoms with Crippen LogP contribution >= 0.6 is 22.9 Å². The maximum absolute atomic E-state index is 12.9. The minimum Gasteiger partial charge on any atom is -0.492 e. The highest BCUT2D eigenvalue weighted by molar-refractivity contribution is 7.25. The molecule has 0 aliphatic heterocycles. The molecule has 0 amide bonds. The third-order valence-corrected chi connectivity index (χ3v) is 6.52. The Balaban J connectivity index is 0.00000155. The van der Waals surface area contributed by atoms with Crippen LogP contribution in [-0.2, 0) is 0 Å². The Morgan fingerprint density at radius 3 is 2.37 bits per heavy atom. The molecule has 2 N–H and O–H groups in total. The quantitative estimate of drug-likeness (QED) is 0.288. The van der Waals surface area contributed by atoms with Crippen molar-refractivity contribution < 1.29 is 19.4 Å². The number of aliphatic hydroxyl groups excluding tert-OH is 2. The number of benzene rings is 2. The lowest BCUT2D eigenvalue weighted by Crippen LogP contribution is -2.49. The number of nitrogens with zero attached hydrogens (tertiary/aromatic N) is 1. The van der Waals surface area contributed by atoms with Crippen LogP contribution in [0.4, 0.5) is 0 Å². The lowest BCUT2D eigenvalue weighted by Gasteiger charge is -2.33. The van der Waals surface area contributed by atoms with Crippen molar-refractivity contribution in [1.82, 2.24) is 0 Å².